The predicted molar refractivity (Wildman–Crippen MR) is 81.5 cm³/mol. The number of nitrogens with one attached hydrogen (secondary N) is 1. The molecule has 0 unspecified atom stereocenters. The second kappa shape index (κ2) is 5.74. The summed E-state index contributed by atoms with van der Waals surface area (Å²) in [6.07, 6.45) is 2.10. The summed E-state index contributed by atoms with van der Waals surface area (Å²) in [5.74, 6) is 0.950. The first-order valence-corrected chi connectivity index (χ1v) is 6.79. The van der Waals surface area contributed by atoms with E-state index in [0.717, 1.165) is 36.0 Å². The second-order valence-corrected chi connectivity index (χ2v) is 4.92. The van der Waals surface area contributed by atoms with Crippen molar-refractivity contribution < 1.29 is 0 Å². The van der Waals surface area contributed by atoms with Crippen LogP contribution in [0.2, 0.25) is 0 Å². The Morgan fingerprint density at radius 2 is 2.10 bits per heavy atom. The molecule has 0 radical (unpaired) electrons. The van der Waals surface area contributed by atoms with Crippen molar-refractivity contribution in [3.8, 4) is 6.07 Å². The van der Waals surface area contributed by atoms with Gasteiger partial charge in [-0.2, -0.15) is 5.26 Å². The van der Waals surface area contributed by atoms with Crippen LogP contribution in [0.1, 0.15) is 36.6 Å². The minimum absolute atomic E-state index is 0.419. The molecule has 2 rings (SSSR count). The average Bonchev–Trinajstić information content (AvgIpc) is 2.38. The highest BCUT2D eigenvalue weighted by atomic mass is 15.0. The molecule has 5 nitrogen and oxygen atoms in total. The molecule has 0 aliphatic carbocycles. The summed E-state index contributed by atoms with van der Waals surface area (Å²) >= 11 is 0. The van der Waals surface area contributed by atoms with E-state index in [9.17, 15) is 5.26 Å². The Hall–Kier alpha value is -2.35. The number of hydrogen-bond donors (Lipinski definition) is 2. The lowest BCUT2D eigenvalue weighted by Crippen LogP contribution is -2.08. The Kier molecular flexibility index (Phi) is 4.04. The van der Waals surface area contributed by atoms with Crippen LogP contribution in [0.15, 0.2) is 6.07 Å². The van der Waals surface area contributed by atoms with Gasteiger partial charge in [0.05, 0.1) is 5.52 Å². The number of nitriles is 1. The van der Waals surface area contributed by atoms with Crippen LogP contribution >= 0.6 is 0 Å². The molecular weight excluding hydrogens is 250 g/mol. The molecule has 0 fully saturated rings. The molecule has 0 aromatic carbocycles. The molecule has 0 saturated heterocycles. The van der Waals surface area contributed by atoms with Gasteiger partial charge in [-0.25, -0.2) is 4.98 Å². The van der Waals surface area contributed by atoms with E-state index in [1.54, 1.807) is 0 Å². The van der Waals surface area contributed by atoms with Crippen molar-refractivity contribution in [3.05, 3.63) is 22.9 Å². The zero-order chi connectivity index (χ0) is 14.7. The second-order valence-electron chi connectivity index (χ2n) is 4.92. The maximum atomic E-state index is 9.43. The van der Waals surface area contributed by atoms with Crippen molar-refractivity contribution in [1.29, 1.82) is 5.26 Å². The van der Waals surface area contributed by atoms with Gasteiger partial charge in [0.25, 0.3) is 0 Å². The lowest BCUT2D eigenvalue weighted by molar-refractivity contribution is 0.831. The molecule has 0 bridgehead atoms. The van der Waals surface area contributed by atoms with E-state index in [1.165, 1.54) is 0 Å². The molecule has 104 valence electrons. The Labute approximate surface area is 118 Å². The highest BCUT2D eigenvalue weighted by molar-refractivity contribution is 5.97. The molecule has 0 atom stereocenters. The fourth-order valence-electron chi connectivity index (χ4n) is 2.30. The Bertz CT molecular complexity index is 685. The third kappa shape index (κ3) is 2.50. The lowest BCUT2D eigenvalue weighted by Gasteiger charge is -2.12. The van der Waals surface area contributed by atoms with Gasteiger partial charge in [0.15, 0.2) is 0 Å². The van der Waals surface area contributed by atoms with Gasteiger partial charge in [0.2, 0.25) is 0 Å². The number of nitrogens with two attached hydrogens (primary N) is 1. The normalized spacial score (nSPS) is 10.5. The molecule has 5 heteroatoms. The molecule has 0 aliphatic heterocycles. The fourth-order valence-corrected chi connectivity index (χ4v) is 2.30. The van der Waals surface area contributed by atoms with E-state index in [4.69, 9.17) is 5.73 Å². The van der Waals surface area contributed by atoms with Crippen molar-refractivity contribution in [3.63, 3.8) is 0 Å². The number of unbranched alkanes of at least 4 members (excludes halogenated alkanes) is 1. The van der Waals surface area contributed by atoms with Crippen molar-refractivity contribution in [2.45, 2.75) is 33.6 Å². The SMILES string of the molecule is CCCCNc1nc(N)c2c(C)cc(C)nc2c1C#N. The number of rotatable bonds is 4. The minimum atomic E-state index is 0.419. The van der Waals surface area contributed by atoms with Crippen LogP contribution in [0.25, 0.3) is 10.9 Å². The highest BCUT2D eigenvalue weighted by Gasteiger charge is 2.15. The van der Waals surface area contributed by atoms with E-state index in [1.807, 2.05) is 19.9 Å². The Balaban J connectivity index is 2.64. The third-order valence-corrected chi connectivity index (χ3v) is 3.24. The van der Waals surface area contributed by atoms with E-state index in [2.05, 4.69) is 28.3 Å². The molecule has 0 saturated carbocycles. The first-order valence-electron chi connectivity index (χ1n) is 6.79. The standard InChI is InChI=1S/C15H19N5/c1-4-5-6-18-15-11(8-16)13-12(14(17)20-15)9(2)7-10(3)19-13/h7H,4-6H2,1-3H3,(H3,17,18,20). The zero-order valence-electron chi connectivity index (χ0n) is 12.1. The van der Waals surface area contributed by atoms with E-state index in [0.29, 0.717) is 22.7 Å². The molecule has 0 amide bonds. The quantitative estimate of drug-likeness (QED) is 0.833. The average molecular weight is 269 g/mol. The molecule has 2 aromatic heterocycles. The topological polar surface area (TPSA) is 87.6 Å². The molecule has 0 spiro atoms. The zero-order valence-corrected chi connectivity index (χ0v) is 12.1. The molecule has 2 aromatic rings. The van der Waals surface area contributed by atoms with Crippen molar-refractivity contribution in [1.82, 2.24) is 9.97 Å². The predicted octanol–water partition coefficient (Wildman–Crippen LogP) is 2.91. The minimum Gasteiger partial charge on any atom is -0.383 e. The van der Waals surface area contributed by atoms with Crippen LogP contribution in [-0.2, 0) is 0 Å². The Morgan fingerprint density at radius 3 is 2.75 bits per heavy atom. The monoisotopic (exact) mass is 269 g/mol. The fraction of sp³-hybridized carbons (Fsp3) is 0.400. The van der Waals surface area contributed by atoms with Crippen LogP contribution in [0, 0.1) is 25.2 Å². The largest absolute Gasteiger partial charge is 0.383 e. The molecule has 20 heavy (non-hydrogen) atoms. The van der Waals surface area contributed by atoms with Gasteiger partial charge in [0.1, 0.15) is 23.3 Å². The van der Waals surface area contributed by atoms with Gasteiger partial charge in [-0.1, -0.05) is 13.3 Å². The van der Waals surface area contributed by atoms with Gasteiger partial charge < -0.3 is 11.1 Å². The smallest absolute Gasteiger partial charge is 0.148 e. The lowest BCUT2D eigenvalue weighted by atomic mass is 10.1. The van der Waals surface area contributed by atoms with Crippen LogP contribution in [0.5, 0.6) is 0 Å². The maximum absolute atomic E-state index is 9.43. The van der Waals surface area contributed by atoms with E-state index >= 15 is 0 Å². The van der Waals surface area contributed by atoms with Gasteiger partial charge >= 0.3 is 0 Å². The van der Waals surface area contributed by atoms with Crippen molar-refractivity contribution in [2.24, 2.45) is 0 Å². The van der Waals surface area contributed by atoms with Crippen LogP contribution in [0.4, 0.5) is 11.6 Å². The summed E-state index contributed by atoms with van der Waals surface area (Å²) in [6.45, 7) is 6.76. The van der Waals surface area contributed by atoms with Gasteiger partial charge in [-0.15, -0.1) is 0 Å². The van der Waals surface area contributed by atoms with Crippen LogP contribution < -0.4 is 11.1 Å². The van der Waals surface area contributed by atoms with Crippen LogP contribution in [0.3, 0.4) is 0 Å². The summed E-state index contributed by atoms with van der Waals surface area (Å²) in [4.78, 5) is 8.81. The number of aromatic nitrogens is 2. The van der Waals surface area contributed by atoms with Crippen molar-refractivity contribution in [2.75, 3.05) is 17.6 Å². The summed E-state index contributed by atoms with van der Waals surface area (Å²) in [7, 11) is 0. The maximum Gasteiger partial charge on any atom is 0.148 e. The Morgan fingerprint density at radius 1 is 1.35 bits per heavy atom. The number of anilines is 2. The van der Waals surface area contributed by atoms with Crippen LogP contribution in [-0.4, -0.2) is 16.5 Å². The molecule has 0 aliphatic rings. The number of nitrogens with zero attached hydrogens (tertiary/aromatic N) is 3. The first kappa shape index (κ1) is 14.1. The van der Waals surface area contributed by atoms with Gasteiger partial charge in [-0.05, 0) is 31.9 Å². The van der Waals surface area contributed by atoms with E-state index < -0.39 is 0 Å². The third-order valence-electron chi connectivity index (χ3n) is 3.24. The summed E-state index contributed by atoms with van der Waals surface area (Å²) in [5, 5.41) is 13.4. The van der Waals surface area contributed by atoms with Gasteiger partial charge in [0, 0.05) is 17.6 Å². The van der Waals surface area contributed by atoms with E-state index in [-0.39, 0.29) is 0 Å². The summed E-state index contributed by atoms with van der Waals surface area (Å²) < 4.78 is 0. The number of nitrogen functional groups attached to an aromatic ring is 1. The number of pyridine rings is 2. The molecular formula is C15H19N5. The number of fused-ring (bicyclic) bond motifs is 1. The first-order chi connectivity index (χ1) is 9.58. The molecule has 2 heterocycles. The highest BCUT2D eigenvalue weighted by Crippen LogP contribution is 2.29. The number of hydrogen-bond acceptors (Lipinski definition) is 5. The molecule has 3 N–H and O–H groups in total. The summed E-state index contributed by atoms with van der Waals surface area (Å²) in [6, 6.07) is 4.15. The number of aryl methyl sites for hydroxylation is 2. The van der Waals surface area contributed by atoms with Crippen molar-refractivity contribution >= 4 is 22.5 Å². The van der Waals surface area contributed by atoms with Gasteiger partial charge in [-0.3, -0.25) is 4.98 Å². The summed E-state index contributed by atoms with van der Waals surface area (Å²) in [5.41, 5.74) is 9.01.